The monoisotopic (exact) mass is 391 g/mol. The first-order valence-corrected chi connectivity index (χ1v) is 9.15. The van der Waals surface area contributed by atoms with Crippen molar-refractivity contribution in [3.63, 3.8) is 0 Å². The summed E-state index contributed by atoms with van der Waals surface area (Å²) in [5.41, 5.74) is 5.95. The molecule has 0 radical (unpaired) electrons. The van der Waals surface area contributed by atoms with Gasteiger partial charge in [0.15, 0.2) is 6.23 Å². The van der Waals surface area contributed by atoms with Crippen molar-refractivity contribution >= 4 is 5.82 Å². The van der Waals surface area contributed by atoms with Crippen LogP contribution in [0.3, 0.4) is 0 Å². The SMILES string of the molecule is CCOC(OCC)(OCc1ccccc1)C1OCC(n2ccc(N)nc2=O)O1. The zero-order valence-electron chi connectivity index (χ0n) is 15.9. The van der Waals surface area contributed by atoms with Crippen molar-refractivity contribution in [1.82, 2.24) is 9.55 Å². The fourth-order valence-corrected chi connectivity index (χ4v) is 2.86. The van der Waals surface area contributed by atoms with Crippen molar-refractivity contribution in [1.29, 1.82) is 0 Å². The zero-order valence-corrected chi connectivity index (χ0v) is 15.9. The lowest BCUT2D eigenvalue weighted by molar-refractivity contribution is -0.446. The molecule has 1 aromatic heterocycles. The van der Waals surface area contributed by atoms with Gasteiger partial charge >= 0.3 is 11.7 Å². The number of nitrogen functional groups attached to an aromatic ring is 1. The van der Waals surface area contributed by atoms with Crippen LogP contribution in [0, 0.1) is 0 Å². The van der Waals surface area contributed by atoms with Crippen molar-refractivity contribution in [3.8, 4) is 0 Å². The molecule has 1 aromatic carbocycles. The standard InChI is InChI=1S/C19H25N3O6/c1-3-25-19(26-4-2,27-12-14-8-6-5-7-9-14)17-24-13-16(28-17)22-11-10-15(20)21-18(22)23/h5-11,16-17H,3-4,12-13H2,1-2H3,(H2,20,21,23). The Morgan fingerprint density at radius 2 is 1.89 bits per heavy atom. The van der Waals surface area contributed by atoms with E-state index in [1.54, 1.807) is 0 Å². The molecule has 28 heavy (non-hydrogen) atoms. The number of anilines is 1. The van der Waals surface area contributed by atoms with Crippen LogP contribution in [-0.4, -0.2) is 41.6 Å². The van der Waals surface area contributed by atoms with Crippen LogP contribution in [0.4, 0.5) is 5.82 Å². The maximum absolute atomic E-state index is 12.1. The van der Waals surface area contributed by atoms with Crippen molar-refractivity contribution in [2.45, 2.75) is 38.9 Å². The zero-order chi connectivity index (χ0) is 20.0. The molecule has 152 valence electrons. The van der Waals surface area contributed by atoms with E-state index >= 15 is 0 Å². The first-order chi connectivity index (χ1) is 13.6. The van der Waals surface area contributed by atoms with E-state index in [1.165, 1.54) is 16.8 Å². The van der Waals surface area contributed by atoms with Gasteiger partial charge in [0, 0.05) is 19.4 Å². The fraction of sp³-hybridized carbons (Fsp3) is 0.474. The molecule has 0 saturated carbocycles. The molecule has 1 aliphatic heterocycles. The van der Waals surface area contributed by atoms with Crippen LogP contribution in [0.15, 0.2) is 47.4 Å². The molecule has 9 nitrogen and oxygen atoms in total. The minimum Gasteiger partial charge on any atom is -0.383 e. The number of ether oxygens (including phenoxy) is 5. The van der Waals surface area contributed by atoms with Crippen molar-refractivity contribution in [2.24, 2.45) is 0 Å². The number of rotatable bonds is 9. The van der Waals surface area contributed by atoms with Crippen LogP contribution in [-0.2, 0) is 30.3 Å². The molecule has 1 fully saturated rings. The predicted molar refractivity (Wildman–Crippen MR) is 100.0 cm³/mol. The molecule has 2 N–H and O–H groups in total. The number of hydrogen-bond donors (Lipinski definition) is 1. The normalized spacial score (nSPS) is 19.8. The molecule has 0 spiro atoms. The summed E-state index contributed by atoms with van der Waals surface area (Å²) < 4.78 is 30.5. The van der Waals surface area contributed by atoms with E-state index in [0.29, 0.717) is 13.2 Å². The maximum atomic E-state index is 12.1. The molecule has 0 aliphatic carbocycles. The summed E-state index contributed by atoms with van der Waals surface area (Å²) in [5.74, 6) is -1.43. The Kier molecular flexibility index (Phi) is 6.76. The molecule has 2 aromatic rings. The highest BCUT2D eigenvalue weighted by molar-refractivity contribution is 5.23. The van der Waals surface area contributed by atoms with Crippen LogP contribution in [0.1, 0.15) is 25.6 Å². The molecule has 3 rings (SSSR count). The molecule has 2 unspecified atom stereocenters. The van der Waals surface area contributed by atoms with Gasteiger partial charge < -0.3 is 29.4 Å². The van der Waals surface area contributed by atoms with Gasteiger partial charge in [-0.15, -0.1) is 0 Å². The third-order valence-corrected chi connectivity index (χ3v) is 4.10. The van der Waals surface area contributed by atoms with E-state index in [1.807, 2.05) is 44.2 Å². The Labute approximate surface area is 162 Å². The average molecular weight is 391 g/mol. The summed E-state index contributed by atoms with van der Waals surface area (Å²) in [7, 11) is 0. The third-order valence-electron chi connectivity index (χ3n) is 4.10. The Bertz CT molecular complexity index is 807. The summed E-state index contributed by atoms with van der Waals surface area (Å²) in [6, 6.07) is 11.1. The topological polar surface area (TPSA) is 107 Å². The van der Waals surface area contributed by atoms with Gasteiger partial charge in [-0.3, -0.25) is 4.57 Å². The van der Waals surface area contributed by atoms with Gasteiger partial charge in [-0.25, -0.2) is 4.79 Å². The van der Waals surface area contributed by atoms with E-state index in [-0.39, 0.29) is 19.0 Å². The lowest BCUT2D eigenvalue weighted by atomic mass is 10.2. The van der Waals surface area contributed by atoms with Crippen molar-refractivity contribution in [3.05, 3.63) is 58.6 Å². The van der Waals surface area contributed by atoms with Gasteiger partial charge in [0.2, 0.25) is 6.29 Å². The molecule has 9 heteroatoms. The van der Waals surface area contributed by atoms with Crippen LogP contribution in [0.5, 0.6) is 0 Å². The van der Waals surface area contributed by atoms with E-state index in [9.17, 15) is 4.79 Å². The van der Waals surface area contributed by atoms with Gasteiger partial charge in [-0.05, 0) is 25.5 Å². The van der Waals surface area contributed by atoms with Gasteiger partial charge in [0.05, 0.1) is 13.2 Å². The number of nitrogens with two attached hydrogens (primary N) is 1. The maximum Gasteiger partial charge on any atom is 0.351 e. The summed E-state index contributed by atoms with van der Waals surface area (Å²) >= 11 is 0. The summed E-state index contributed by atoms with van der Waals surface area (Å²) in [6.07, 6.45) is -0.189. The molecule has 0 bridgehead atoms. The van der Waals surface area contributed by atoms with Crippen molar-refractivity contribution in [2.75, 3.05) is 25.6 Å². The van der Waals surface area contributed by atoms with Crippen molar-refractivity contribution < 1.29 is 23.7 Å². The van der Waals surface area contributed by atoms with Gasteiger partial charge in [-0.1, -0.05) is 30.3 Å². The van der Waals surface area contributed by atoms with E-state index in [0.717, 1.165) is 5.56 Å². The van der Waals surface area contributed by atoms with E-state index < -0.39 is 24.2 Å². The van der Waals surface area contributed by atoms with Gasteiger partial charge in [0.25, 0.3) is 0 Å². The number of benzene rings is 1. The first kappa shape index (κ1) is 20.4. The molecular weight excluding hydrogens is 366 g/mol. The van der Waals surface area contributed by atoms with E-state index in [4.69, 9.17) is 29.4 Å². The smallest absolute Gasteiger partial charge is 0.351 e. The number of hydrogen-bond acceptors (Lipinski definition) is 8. The van der Waals surface area contributed by atoms with Crippen LogP contribution >= 0.6 is 0 Å². The first-order valence-electron chi connectivity index (χ1n) is 9.15. The lowest BCUT2D eigenvalue weighted by Gasteiger charge is -2.35. The highest BCUT2D eigenvalue weighted by atomic mass is 16.9. The summed E-state index contributed by atoms with van der Waals surface area (Å²) in [4.78, 5) is 15.8. The second kappa shape index (κ2) is 9.26. The predicted octanol–water partition coefficient (Wildman–Crippen LogP) is 1.64. The summed E-state index contributed by atoms with van der Waals surface area (Å²) in [5, 5.41) is 0. The molecule has 0 amide bonds. The quantitative estimate of drug-likeness (QED) is 0.643. The minimum absolute atomic E-state index is 0.104. The largest absolute Gasteiger partial charge is 0.383 e. The second-order valence-electron chi connectivity index (χ2n) is 6.04. The molecule has 2 atom stereocenters. The highest BCUT2D eigenvalue weighted by Crippen LogP contribution is 2.33. The minimum atomic E-state index is -1.57. The molecule has 1 aliphatic rings. The molecule has 2 heterocycles. The Morgan fingerprint density at radius 3 is 2.54 bits per heavy atom. The number of nitrogens with zero attached hydrogens (tertiary/aromatic N) is 2. The lowest BCUT2D eigenvalue weighted by Crippen LogP contribution is -2.50. The van der Waals surface area contributed by atoms with Crippen LogP contribution in [0.2, 0.25) is 0 Å². The van der Waals surface area contributed by atoms with Gasteiger partial charge in [0.1, 0.15) is 5.82 Å². The molecule has 1 saturated heterocycles. The highest BCUT2D eigenvalue weighted by Gasteiger charge is 2.50. The Hall–Kier alpha value is -2.30. The third kappa shape index (κ3) is 4.57. The van der Waals surface area contributed by atoms with E-state index in [2.05, 4.69) is 4.98 Å². The Morgan fingerprint density at radius 1 is 1.18 bits per heavy atom. The Balaban J connectivity index is 1.78. The fourth-order valence-electron chi connectivity index (χ4n) is 2.86. The molecular formula is C19H25N3O6. The second-order valence-corrected chi connectivity index (χ2v) is 6.04. The van der Waals surface area contributed by atoms with Crippen LogP contribution < -0.4 is 11.4 Å². The number of aromatic nitrogens is 2. The summed E-state index contributed by atoms with van der Waals surface area (Å²) in [6.45, 7) is 4.60. The van der Waals surface area contributed by atoms with Crippen LogP contribution in [0.25, 0.3) is 0 Å². The van der Waals surface area contributed by atoms with Gasteiger partial charge in [-0.2, -0.15) is 4.98 Å². The average Bonchev–Trinajstić information content (AvgIpc) is 3.18.